The molecule has 2 aliphatic rings. The minimum absolute atomic E-state index is 0.303. The standard InChI is InChI=1S/C13H22F3N/c1-12(7-2-8-12)9-17-11-5-3-10(4-6-11)13(14,15)16/h10-11,17H,2-9H2,1H3. The highest BCUT2D eigenvalue weighted by Gasteiger charge is 2.41. The van der Waals surface area contributed by atoms with Gasteiger partial charge < -0.3 is 5.32 Å². The molecule has 2 fully saturated rings. The lowest BCUT2D eigenvalue weighted by atomic mass is 9.70. The molecule has 0 aromatic heterocycles. The zero-order chi connectivity index (χ0) is 12.5. The zero-order valence-electron chi connectivity index (χ0n) is 10.4. The molecule has 0 radical (unpaired) electrons. The van der Waals surface area contributed by atoms with Crippen molar-refractivity contribution >= 4 is 0 Å². The quantitative estimate of drug-likeness (QED) is 0.800. The molecule has 4 heteroatoms. The van der Waals surface area contributed by atoms with Crippen LogP contribution >= 0.6 is 0 Å². The van der Waals surface area contributed by atoms with Crippen molar-refractivity contribution in [3.05, 3.63) is 0 Å². The molecule has 1 nitrogen and oxygen atoms in total. The van der Waals surface area contributed by atoms with Gasteiger partial charge >= 0.3 is 6.18 Å². The molecule has 100 valence electrons. The van der Waals surface area contributed by atoms with E-state index in [2.05, 4.69) is 12.2 Å². The first-order valence-corrected chi connectivity index (χ1v) is 6.69. The fourth-order valence-electron chi connectivity index (χ4n) is 2.97. The molecule has 0 unspecified atom stereocenters. The van der Waals surface area contributed by atoms with Crippen LogP contribution in [0.1, 0.15) is 51.9 Å². The first-order valence-electron chi connectivity index (χ1n) is 6.69. The fraction of sp³-hybridized carbons (Fsp3) is 1.00. The molecule has 0 spiro atoms. The molecule has 0 aliphatic heterocycles. The molecule has 0 atom stereocenters. The lowest BCUT2D eigenvalue weighted by Gasteiger charge is -2.40. The van der Waals surface area contributed by atoms with Crippen LogP contribution in [0.2, 0.25) is 0 Å². The van der Waals surface area contributed by atoms with E-state index in [0.29, 0.717) is 37.1 Å². The van der Waals surface area contributed by atoms with Gasteiger partial charge in [0.15, 0.2) is 0 Å². The summed E-state index contributed by atoms with van der Waals surface area (Å²) in [6.07, 6.45) is 1.82. The number of hydrogen-bond donors (Lipinski definition) is 1. The van der Waals surface area contributed by atoms with E-state index in [9.17, 15) is 13.2 Å². The molecule has 2 saturated carbocycles. The molecule has 0 saturated heterocycles. The Morgan fingerprint density at radius 1 is 1.12 bits per heavy atom. The van der Waals surface area contributed by atoms with Crippen LogP contribution in [0, 0.1) is 11.3 Å². The van der Waals surface area contributed by atoms with Gasteiger partial charge in [0, 0.05) is 12.6 Å². The minimum Gasteiger partial charge on any atom is -0.313 e. The fourth-order valence-corrected chi connectivity index (χ4v) is 2.97. The van der Waals surface area contributed by atoms with Gasteiger partial charge in [-0.05, 0) is 43.9 Å². The van der Waals surface area contributed by atoms with E-state index < -0.39 is 12.1 Å². The van der Waals surface area contributed by atoms with E-state index in [4.69, 9.17) is 0 Å². The van der Waals surface area contributed by atoms with Crippen molar-refractivity contribution < 1.29 is 13.2 Å². The molecule has 0 aromatic carbocycles. The molecule has 17 heavy (non-hydrogen) atoms. The molecular weight excluding hydrogens is 227 g/mol. The predicted molar refractivity (Wildman–Crippen MR) is 61.8 cm³/mol. The highest BCUT2D eigenvalue weighted by molar-refractivity contribution is 4.88. The van der Waals surface area contributed by atoms with Crippen LogP contribution < -0.4 is 5.32 Å². The van der Waals surface area contributed by atoms with Crippen LogP contribution in [0.3, 0.4) is 0 Å². The number of halogens is 3. The molecular formula is C13H22F3N. The number of rotatable bonds is 3. The largest absolute Gasteiger partial charge is 0.391 e. The summed E-state index contributed by atoms with van der Waals surface area (Å²) >= 11 is 0. The normalized spacial score (nSPS) is 33.2. The molecule has 0 bridgehead atoms. The SMILES string of the molecule is CC1(CNC2CCC(C(F)(F)F)CC2)CCC1. The second-order valence-corrected chi connectivity index (χ2v) is 6.14. The predicted octanol–water partition coefficient (Wildman–Crippen LogP) is 3.89. The van der Waals surface area contributed by atoms with Gasteiger partial charge in [-0.2, -0.15) is 13.2 Å². The number of alkyl halides is 3. The lowest BCUT2D eigenvalue weighted by molar-refractivity contribution is -0.182. The first kappa shape index (κ1) is 13.2. The molecule has 1 N–H and O–H groups in total. The van der Waals surface area contributed by atoms with Gasteiger partial charge in [-0.1, -0.05) is 13.3 Å². The summed E-state index contributed by atoms with van der Waals surface area (Å²) in [7, 11) is 0. The maximum Gasteiger partial charge on any atom is 0.391 e. The average Bonchev–Trinajstić information content (AvgIpc) is 2.23. The van der Waals surface area contributed by atoms with Crippen molar-refractivity contribution in [2.24, 2.45) is 11.3 Å². The van der Waals surface area contributed by atoms with Crippen molar-refractivity contribution in [3.8, 4) is 0 Å². The summed E-state index contributed by atoms with van der Waals surface area (Å²) in [4.78, 5) is 0. The van der Waals surface area contributed by atoms with Crippen molar-refractivity contribution in [3.63, 3.8) is 0 Å². The molecule has 0 heterocycles. The highest BCUT2D eigenvalue weighted by Crippen LogP contribution is 2.41. The third-order valence-electron chi connectivity index (χ3n) is 4.57. The molecule has 0 amide bonds. The first-order chi connectivity index (χ1) is 7.89. The summed E-state index contributed by atoms with van der Waals surface area (Å²) in [6, 6.07) is 0.311. The second-order valence-electron chi connectivity index (χ2n) is 6.14. The van der Waals surface area contributed by atoms with Gasteiger partial charge in [-0.15, -0.1) is 0 Å². The third kappa shape index (κ3) is 3.36. The van der Waals surface area contributed by atoms with Crippen LogP contribution in [-0.4, -0.2) is 18.8 Å². The van der Waals surface area contributed by atoms with Crippen LogP contribution in [0.15, 0.2) is 0 Å². The van der Waals surface area contributed by atoms with E-state index in [1.54, 1.807) is 0 Å². The Bertz CT molecular complexity index is 250. The van der Waals surface area contributed by atoms with E-state index in [0.717, 1.165) is 6.54 Å². The smallest absolute Gasteiger partial charge is 0.313 e. The van der Waals surface area contributed by atoms with Crippen LogP contribution in [0.4, 0.5) is 13.2 Å². The van der Waals surface area contributed by atoms with Gasteiger partial charge in [0.2, 0.25) is 0 Å². The second kappa shape index (κ2) is 4.79. The maximum absolute atomic E-state index is 12.5. The monoisotopic (exact) mass is 249 g/mol. The third-order valence-corrected chi connectivity index (χ3v) is 4.57. The van der Waals surface area contributed by atoms with Gasteiger partial charge in [-0.25, -0.2) is 0 Å². The van der Waals surface area contributed by atoms with E-state index in [-0.39, 0.29) is 0 Å². The maximum atomic E-state index is 12.5. The highest BCUT2D eigenvalue weighted by atomic mass is 19.4. The van der Waals surface area contributed by atoms with E-state index in [1.165, 1.54) is 19.3 Å². The summed E-state index contributed by atoms with van der Waals surface area (Å²) in [5, 5.41) is 3.47. The van der Waals surface area contributed by atoms with Gasteiger partial charge in [0.1, 0.15) is 0 Å². The Balaban J connectivity index is 1.69. The molecule has 2 rings (SSSR count). The van der Waals surface area contributed by atoms with Gasteiger partial charge in [-0.3, -0.25) is 0 Å². The van der Waals surface area contributed by atoms with Crippen LogP contribution in [-0.2, 0) is 0 Å². The summed E-state index contributed by atoms with van der Waals surface area (Å²) in [6.45, 7) is 3.25. The van der Waals surface area contributed by atoms with Crippen molar-refractivity contribution in [1.29, 1.82) is 0 Å². The van der Waals surface area contributed by atoms with Crippen LogP contribution in [0.5, 0.6) is 0 Å². The average molecular weight is 249 g/mol. The molecule has 2 aliphatic carbocycles. The summed E-state index contributed by atoms with van der Waals surface area (Å²) in [5.41, 5.74) is 0.418. The summed E-state index contributed by atoms with van der Waals surface area (Å²) in [5.74, 6) is -1.06. The Morgan fingerprint density at radius 2 is 1.71 bits per heavy atom. The Kier molecular flexibility index (Phi) is 3.71. The van der Waals surface area contributed by atoms with Crippen molar-refractivity contribution in [1.82, 2.24) is 5.32 Å². The minimum atomic E-state index is -3.98. The number of nitrogens with one attached hydrogen (secondary N) is 1. The Labute approximate surface area is 101 Å². The Morgan fingerprint density at radius 3 is 2.12 bits per heavy atom. The van der Waals surface area contributed by atoms with E-state index >= 15 is 0 Å². The van der Waals surface area contributed by atoms with Crippen LogP contribution in [0.25, 0.3) is 0 Å². The van der Waals surface area contributed by atoms with Crippen molar-refractivity contribution in [2.45, 2.75) is 64.1 Å². The lowest BCUT2D eigenvalue weighted by Crippen LogP contribution is -2.44. The topological polar surface area (TPSA) is 12.0 Å². The zero-order valence-corrected chi connectivity index (χ0v) is 10.4. The number of hydrogen-bond acceptors (Lipinski definition) is 1. The van der Waals surface area contributed by atoms with Gasteiger partial charge in [0.05, 0.1) is 5.92 Å². The van der Waals surface area contributed by atoms with Gasteiger partial charge in [0.25, 0.3) is 0 Å². The van der Waals surface area contributed by atoms with Crippen molar-refractivity contribution in [2.75, 3.05) is 6.54 Å². The Hall–Kier alpha value is -0.250. The van der Waals surface area contributed by atoms with E-state index in [1.807, 2.05) is 0 Å². The summed E-state index contributed by atoms with van der Waals surface area (Å²) < 4.78 is 37.5. The molecule has 0 aromatic rings.